The number of rotatable bonds is 6. The fourth-order valence-corrected chi connectivity index (χ4v) is 1.71. The van der Waals surface area contributed by atoms with E-state index in [-0.39, 0.29) is 11.9 Å². The van der Waals surface area contributed by atoms with Gasteiger partial charge in [-0.1, -0.05) is 26.7 Å². The summed E-state index contributed by atoms with van der Waals surface area (Å²) in [7, 11) is 0. The molecule has 0 unspecified atom stereocenters. The summed E-state index contributed by atoms with van der Waals surface area (Å²) in [4.78, 5) is 15.7. The molecule has 1 N–H and O–H groups in total. The van der Waals surface area contributed by atoms with E-state index in [9.17, 15) is 4.79 Å². The van der Waals surface area contributed by atoms with Gasteiger partial charge in [-0.3, -0.25) is 9.78 Å². The summed E-state index contributed by atoms with van der Waals surface area (Å²) in [6, 6.07) is 3.70. The van der Waals surface area contributed by atoms with Crippen LogP contribution in [0.3, 0.4) is 0 Å². The van der Waals surface area contributed by atoms with Crippen molar-refractivity contribution in [2.75, 3.05) is 0 Å². The first-order valence-corrected chi connectivity index (χ1v) is 6.30. The van der Waals surface area contributed by atoms with Gasteiger partial charge >= 0.3 is 0 Å². The van der Waals surface area contributed by atoms with Crippen LogP contribution in [-0.2, 0) is 0 Å². The lowest BCUT2D eigenvalue weighted by Crippen LogP contribution is -2.32. The lowest BCUT2D eigenvalue weighted by molar-refractivity contribution is 0.0937. The number of amides is 1. The maximum Gasteiger partial charge on any atom is 0.251 e. The molecule has 0 bridgehead atoms. The van der Waals surface area contributed by atoms with Gasteiger partial charge in [0.05, 0.1) is 0 Å². The molecule has 0 spiro atoms. The quantitative estimate of drug-likeness (QED) is 0.822. The molecule has 0 aromatic carbocycles. The molecule has 1 rings (SSSR count). The van der Waals surface area contributed by atoms with Crippen LogP contribution in [0.4, 0.5) is 0 Å². The Hall–Kier alpha value is -1.38. The summed E-state index contributed by atoms with van der Waals surface area (Å²) in [6.45, 7) is 6.50. The van der Waals surface area contributed by atoms with E-state index in [1.165, 1.54) is 6.42 Å². The van der Waals surface area contributed by atoms with E-state index in [0.29, 0.717) is 5.56 Å². The van der Waals surface area contributed by atoms with Crippen molar-refractivity contribution in [1.82, 2.24) is 10.3 Å². The first kappa shape index (κ1) is 13.7. The van der Waals surface area contributed by atoms with Crippen LogP contribution in [0.1, 0.15) is 50.4 Å². The van der Waals surface area contributed by atoms with Gasteiger partial charge in [-0.2, -0.15) is 0 Å². The molecule has 0 aliphatic heterocycles. The van der Waals surface area contributed by atoms with Crippen LogP contribution in [-0.4, -0.2) is 16.9 Å². The Bertz CT molecular complexity index is 335. The van der Waals surface area contributed by atoms with Crippen LogP contribution < -0.4 is 5.32 Å². The van der Waals surface area contributed by atoms with Crippen molar-refractivity contribution in [3.8, 4) is 0 Å². The molecule has 1 aromatic heterocycles. The standard InChI is InChI=1S/C14H22N2O/c1-11(2)5-4-6-12(3)16-14(17)13-7-9-15-10-8-13/h7-12H,4-6H2,1-3H3,(H,16,17)/t12-/m1/s1. The number of hydrogen-bond acceptors (Lipinski definition) is 2. The molecule has 0 fully saturated rings. The van der Waals surface area contributed by atoms with Gasteiger partial charge in [0.2, 0.25) is 0 Å². The van der Waals surface area contributed by atoms with Crippen molar-refractivity contribution < 1.29 is 4.79 Å². The third-order valence-electron chi connectivity index (χ3n) is 2.74. The van der Waals surface area contributed by atoms with Crippen LogP contribution >= 0.6 is 0 Å². The van der Waals surface area contributed by atoms with Gasteiger partial charge in [-0.15, -0.1) is 0 Å². The molecule has 1 amide bonds. The maximum atomic E-state index is 11.8. The SMILES string of the molecule is CC(C)CCC[C@@H](C)NC(=O)c1ccncc1. The molecule has 94 valence electrons. The van der Waals surface area contributed by atoms with E-state index in [1.807, 2.05) is 0 Å². The predicted molar refractivity (Wildman–Crippen MR) is 69.9 cm³/mol. The topological polar surface area (TPSA) is 42.0 Å². The summed E-state index contributed by atoms with van der Waals surface area (Å²) in [5, 5.41) is 3.00. The Morgan fingerprint density at radius 1 is 1.24 bits per heavy atom. The minimum absolute atomic E-state index is 0.00977. The number of nitrogens with one attached hydrogen (secondary N) is 1. The van der Waals surface area contributed by atoms with E-state index < -0.39 is 0 Å². The van der Waals surface area contributed by atoms with Gasteiger partial charge < -0.3 is 5.32 Å². The van der Waals surface area contributed by atoms with E-state index in [4.69, 9.17) is 0 Å². The van der Waals surface area contributed by atoms with Crippen LogP contribution in [0.5, 0.6) is 0 Å². The molecule has 0 saturated heterocycles. The Morgan fingerprint density at radius 3 is 2.47 bits per heavy atom. The van der Waals surface area contributed by atoms with Gasteiger partial charge in [0, 0.05) is 24.0 Å². The average molecular weight is 234 g/mol. The van der Waals surface area contributed by atoms with Gasteiger partial charge in [0.15, 0.2) is 0 Å². The third kappa shape index (κ3) is 5.48. The average Bonchev–Trinajstić information content (AvgIpc) is 2.29. The Morgan fingerprint density at radius 2 is 1.88 bits per heavy atom. The predicted octanol–water partition coefficient (Wildman–Crippen LogP) is 3.03. The Labute approximate surface area is 104 Å². The fraction of sp³-hybridized carbons (Fsp3) is 0.571. The molecule has 0 aliphatic rings. The summed E-state index contributed by atoms with van der Waals surface area (Å²) in [5.74, 6) is 0.725. The number of aromatic nitrogens is 1. The highest BCUT2D eigenvalue weighted by molar-refractivity contribution is 5.94. The number of pyridine rings is 1. The van der Waals surface area contributed by atoms with Crippen LogP contribution in [0.15, 0.2) is 24.5 Å². The van der Waals surface area contributed by atoms with Gasteiger partial charge in [-0.25, -0.2) is 0 Å². The van der Waals surface area contributed by atoms with Gasteiger partial charge in [0.1, 0.15) is 0 Å². The molecule has 3 heteroatoms. The lowest BCUT2D eigenvalue weighted by atomic mass is 10.0. The Kier molecular flexibility index (Phi) is 5.67. The van der Waals surface area contributed by atoms with E-state index in [1.54, 1.807) is 24.5 Å². The largest absolute Gasteiger partial charge is 0.350 e. The smallest absolute Gasteiger partial charge is 0.251 e. The Balaban J connectivity index is 2.31. The monoisotopic (exact) mass is 234 g/mol. The van der Waals surface area contributed by atoms with Crippen LogP contribution in [0.2, 0.25) is 0 Å². The summed E-state index contributed by atoms with van der Waals surface area (Å²) >= 11 is 0. The second-order valence-corrected chi connectivity index (χ2v) is 4.94. The molecule has 17 heavy (non-hydrogen) atoms. The van der Waals surface area contributed by atoms with Crippen molar-refractivity contribution >= 4 is 5.91 Å². The number of hydrogen-bond donors (Lipinski definition) is 1. The summed E-state index contributed by atoms with van der Waals surface area (Å²) in [5.41, 5.74) is 0.677. The second kappa shape index (κ2) is 7.05. The molecule has 0 aliphatic carbocycles. The minimum Gasteiger partial charge on any atom is -0.350 e. The second-order valence-electron chi connectivity index (χ2n) is 4.94. The molecular formula is C14H22N2O. The molecule has 0 radical (unpaired) electrons. The first-order valence-electron chi connectivity index (χ1n) is 6.30. The zero-order valence-corrected chi connectivity index (χ0v) is 10.9. The molecule has 1 aromatic rings. The van der Waals surface area contributed by atoms with Crippen molar-refractivity contribution in [3.05, 3.63) is 30.1 Å². The summed E-state index contributed by atoms with van der Waals surface area (Å²) in [6.07, 6.45) is 6.69. The van der Waals surface area contributed by atoms with E-state index in [2.05, 4.69) is 31.1 Å². The van der Waals surface area contributed by atoms with Gasteiger partial charge in [0.25, 0.3) is 5.91 Å². The highest BCUT2D eigenvalue weighted by Crippen LogP contribution is 2.08. The van der Waals surface area contributed by atoms with Crippen molar-refractivity contribution in [3.63, 3.8) is 0 Å². The first-order chi connectivity index (χ1) is 8.09. The van der Waals surface area contributed by atoms with E-state index >= 15 is 0 Å². The number of nitrogens with zero attached hydrogens (tertiary/aromatic N) is 1. The maximum absolute atomic E-state index is 11.8. The number of carbonyl (C=O) groups is 1. The zero-order chi connectivity index (χ0) is 12.7. The minimum atomic E-state index is -0.00977. The molecular weight excluding hydrogens is 212 g/mol. The van der Waals surface area contributed by atoms with Crippen molar-refractivity contribution in [1.29, 1.82) is 0 Å². The fourth-order valence-electron chi connectivity index (χ4n) is 1.71. The van der Waals surface area contributed by atoms with Crippen LogP contribution in [0, 0.1) is 5.92 Å². The van der Waals surface area contributed by atoms with Crippen LogP contribution in [0.25, 0.3) is 0 Å². The summed E-state index contributed by atoms with van der Waals surface area (Å²) < 4.78 is 0. The highest BCUT2D eigenvalue weighted by atomic mass is 16.1. The molecule has 1 heterocycles. The molecule has 3 nitrogen and oxygen atoms in total. The molecule has 0 saturated carbocycles. The normalized spacial score (nSPS) is 12.5. The highest BCUT2D eigenvalue weighted by Gasteiger charge is 2.09. The molecule has 1 atom stereocenters. The lowest BCUT2D eigenvalue weighted by Gasteiger charge is -2.14. The zero-order valence-electron chi connectivity index (χ0n) is 10.9. The third-order valence-corrected chi connectivity index (χ3v) is 2.74. The van der Waals surface area contributed by atoms with E-state index in [0.717, 1.165) is 18.8 Å². The van der Waals surface area contributed by atoms with Crippen molar-refractivity contribution in [2.45, 2.75) is 46.1 Å². The van der Waals surface area contributed by atoms with Gasteiger partial charge in [-0.05, 0) is 31.4 Å². The number of carbonyl (C=O) groups excluding carboxylic acids is 1. The van der Waals surface area contributed by atoms with Crippen molar-refractivity contribution in [2.24, 2.45) is 5.92 Å².